The number of esters is 4. The van der Waals surface area contributed by atoms with Gasteiger partial charge in [0.2, 0.25) is 0 Å². The maximum Gasteiger partial charge on any atom is 0.338 e. The molecule has 0 atom stereocenters. The largest absolute Gasteiger partial charge is 0.462 e. The Morgan fingerprint density at radius 1 is 0.511 bits per heavy atom. The molecular formula is C36H32O9. The third-order valence-corrected chi connectivity index (χ3v) is 5.86. The molecule has 3 rings (SSSR count). The fourth-order valence-corrected chi connectivity index (χ4v) is 3.46. The van der Waals surface area contributed by atoms with Gasteiger partial charge in [0.05, 0.1) is 0 Å². The summed E-state index contributed by atoms with van der Waals surface area (Å²) in [5.74, 6) is -1.47. The van der Waals surface area contributed by atoms with Gasteiger partial charge < -0.3 is 23.7 Å². The molecule has 0 bridgehead atoms. The van der Waals surface area contributed by atoms with Crippen LogP contribution < -0.4 is 18.9 Å². The number of rotatable bonds is 12. The fourth-order valence-electron chi connectivity index (χ4n) is 3.46. The Morgan fingerprint density at radius 3 is 1.29 bits per heavy atom. The summed E-state index contributed by atoms with van der Waals surface area (Å²) in [5.41, 5.74) is 2.81. The Kier molecular flexibility index (Phi) is 11.2. The molecule has 0 radical (unpaired) electrons. The lowest BCUT2D eigenvalue weighted by Crippen LogP contribution is -2.11. The molecule has 3 aromatic carbocycles. The van der Waals surface area contributed by atoms with E-state index in [1.165, 1.54) is 34.0 Å². The molecule has 230 valence electrons. The van der Waals surface area contributed by atoms with Crippen LogP contribution in [0.1, 0.15) is 27.7 Å². The summed E-state index contributed by atoms with van der Waals surface area (Å²) in [6, 6.07) is 16.3. The van der Waals surface area contributed by atoms with Gasteiger partial charge in [0.15, 0.2) is 0 Å². The van der Waals surface area contributed by atoms with Crippen molar-refractivity contribution in [2.45, 2.75) is 27.7 Å². The van der Waals surface area contributed by atoms with E-state index in [2.05, 4.69) is 26.3 Å². The Balaban J connectivity index is 2.07. The summed E-state index contributed by atoms with van der Waals surface area (Å²) in [5, 5.41) is 0. The zero-order valence-corrected chi connectivity index (χ0v) is 25.4. The molecule has 9 heteroatoms. The van der Waals surface area contributed by atoms with E-state index in [0.29, 0.717) is 28.0 Å². The Bertz CT molecular complexity index is 1720. The van der Waals surface area contributed by atoms with Crippen molar-refractivity contribution in [2.24, 2.45) is 0 Å². The van der Waals surface area contributed by atoms with Crippen LogP contribution >= 0.6 is 0 Å². The first kappa shape index (κ1) is 33.5. The SMILES string of the molecule is C=C(C)C(=O)O/C=C/Oc1ccc(-c2cc(OC(=O)C(=C)C)c(-c3ccc(OC(=O)C(=C)C)cc3)cc2OC(=O)C(=C)C)cc1. The average molecular weight is 609 g/mol. The van der Waals surface area contributed by atoms with E-state index in [1.807, 2.05) is 0 Å². The van der Waals surface area contributed by atoms with Crippen molar-refractivity contribution in [3.8, 4) is 45.3 Å². The van der Waals surface area contributed by atoms with Crippen LogP contribution in [-0.2, 0) is 23.9 Å². The average Bonchev–Trinajstić information content (AvgIpc) is 3.00. The van der Waals surface area contributed by atoms with Gasteiger partial charge in [-0.05, 0) is 75.2 Å². The molecule has 9 nitrogen and oxygen atoms in total. The molecule has 0 amide bonds. The molecule has 0 unspecified atom stereocenters. The molecule has 0 N–H and O–H groups in total. The predicted molar refractivity (Wildman–Crippen MR) is 169 cm³/mol. The third-order valence-electron chi connectivity index (χ3n) is 5.86. The number of hydrogen-bond acceptors (Lipinski definition) is 9. The summed E-state index contributed by atoms with van der Waals surface area (Å²) < 4.78 is 27.0. The monoisotopic (exact) mass is 608 g/mol. The molecule has 0 aliphatic carbocycles. The molecule has 0 saturated heterocycles. The highest BCUT2D eigenvalue weighted by Gasteiger charge is 2.20. The van der Waals surface area contributed by atoms with Crippen LogP contribution in [0.15, 0.2) is 122 Å². The van der Waals surface area contributed by atoms with Crippen LogP contribution in [0.5, 0.6) is 23.0 Å². The minimum absolute atomic E-state index is 0.155. The van der Waals surface area contributed by atoms with Gasteiger partial charge in [-0.15, -0.1) is 0 Å². The molecule has 3 aromatic rings. The van der Waals surface area contributed by atoms with Crippen molar-refractivity contribution in [3.63, 3.8) is 0 Å². The van der Waals surface area contributed by atoms with E-state index in [1.54, 1.807) is 60.7 Å². The van der Waals surface area contributed by atoms with Crippen LogP contribution in [0.3, 0.4) is 0 Å². The lowest BCUT2D eigenvalue weighted by Gasteiger charge is -2.17. The van der Waals surface area contributed by atoms with Crippen molar-refractivity contribution >= 4 is 23.9 Å². The van der Waals surface area contributed by atoms with E-state index in [4.69, 9.17) is 23.7 Å². The summed E-state index contributed by atoms with van der Waals surface area (Å²) >= 11 is 0. The number of carbonyl (C=O) groups excluding carboxylic acids is 4. The van der Waals surface area contributed by atoms with Crippen molar-refractivity contribution < 1.29 is 42.9 Å². The Hall–Kier alpha value is -5.96. The first-order chi connectivity index (χ1) is 21.3. The lowest BCUT2D eigenvalue weighted by atomic mass is 9.97. The highest BCUT2D eigenvalue weighted by atomic mass is 16.6. The van der Waals surface area contributed by atoms with E-state index in [-0.39, 0.29) is 39.5 Å². The van der Waals surface area contributed by atoms with Gasteiger partial charge in [0, 0.05) is 33.4 Å². The number of ether oxygens (including phenoxy) is 5. The zero-order chi connectivity index (χ0) is 33.3. The topological polar surface area (TPSA) is 114 Å². The maximum atomic E-state index is 12.6. The highest BCUT2D eigenvalue weighted by Crippen LogP contribution is 2.42. The van der Waals surface area contributed by atoms with Crippen molar-refractivity contribution in [3.05, 3.63) is 122 Å². The van der Waals surface area contributed by atoms with E-state index < -0.39 is 23.9 Å². The maximum absolute atomic E-state index is 12.6. The summed E-state index contributed by atoms with van der Waals surface area (Å²) in [6.45, 7) is 20.5. The van der Waals surface area contributed by atoms with E-state index in [0.717, 1.165) is 6.26 Å². The fraction of sp³-hybridized carbons (Fsp3) is 0.111. The van der Waals surface area contributed by atoms with Gasteiger partial charge >= 0.3 is 23.9 Å². The lowest BCUT2D eigenvalue weighted by molar-refractivity contribution is -0.134. The smallest absolute Gasteiger partial charge is 0.338 e. The zero-order valence-electron chi connectivity index (χ0n) is 25.4. The van der Waals surface area contributed by atoms with Gasteiger partial charge in [-0.1, -0.05) is 50.6 Å². The molecule has 0 fully saturated rings. The van der Waals surface area contributed by atoms with Crippen molar-refractivity contribution in [1.29, 1.82) is 0 Å². The molecule has 0 spiro atoms. The molecule has 45 heavy (non-hydrogen) atoms. The first-order valence-electron chi connectivity index (χ1n) is 13.5. The van der Waals surface area contributed by atoms with Gasteiger partial charge in [0.25, 0.3) is 0 Å². The van der Waals surface area contributed by atoms with Crippen molar-refractivity contribution in [1.82, 2.24) is 0 Å². The van der Waals surface area contributed by atoms with E-state index in [9.17, 15) is 19.2 Å². The Labute approximate surface area is 261 Å². The molecule has 0 heterocycles. The number of hydrogen-bond donors (Lipinski definition) is 0. The molecule has 0 aromatic heterocycles. The molecule has 0 saturated carbocycles. The Morgan fingerprint density at radius 2 is 0.889 bits per heavy atom. The number of carbonyl (C=O) groups is 4. The minimum Gasteiger partial charge on any atom is -0.462 e. The summed E-state index contributed by atoms with van der Waals surface area (Å²) in [7, 11) is 0. The molecule has 0 aliphatic rings. The second kappa shape index (κ2) is 15.0. The minimum atomic E-state index is -0.663. The molecule has 0 aliphatic heterocycles. The summed E-state index contributed by atoms with van der Waals surface area (Å²) in [6.07, 6.45) is 2.29. The number of benzene rings is 3. The van der Waals surface area contributed by atoms with Gasteiger partial charge in [-0.2, -0.15) is 0 Å². The van der Waals surface area contributed by atoms with Crippen molar-refractivity contribution in [2.75, 3.05) is 0 Å². The molecular weight excluding hydrogens is 576 g/mol. The van der Waals surface area contributed by atoms with Crippen LogP contribution in [0.4, 0.5) is 0 Å². The summed E-state index contributed by atoms with van der Waals surface area (Å²) in [4.78, 5) is 48.7. The second-order valence-corrected chi connectivity index (χ2v) is 9.98. The predicted octanol–water partition coefficient (Wildman–Crippen LogP) is 7.43. The van der Waals surface area contributed by atoms with Crippen LogP contribution in [0.25, 0.3) is 22.3 Å². The van der Waals surface area contributed by atoms with Crippen LogP contribution in [-0.4, -0.2) is 23.9 Å². The quantitative estimate of drug-likeness (QED) is 0.0896. The van der Waals surface area contributed by atoms with E-state index >= 15 is 0 Å². The standard InChI is InChI=1S/C36H32O9/c1-21(2)33(37)42-18-17-41-27-13-9-25(10-14-27)29-19-32(45-36(40)24(7)8)30(20-31(29)44-35(39)23(5)6)26-11-15-28(16-12-26)43-34(38)22(3)4/h9-20H,1,3,5,7H2,2,4,6,8H3/b18-17+. The van der Waals surface area contributed by atoms with Crippen LogP contribution in [0, 0.1) is 0 Å². The van der Waals surface area contributed by atoms with Gasteiger partial charge in [-0.3, -0.25) is 0 Å². The third kappa shape index (κ3) is 9.26. The van der Waals surface area contributed by atoms with Gasteiger partial charge in [-0.25, -0.2) is 19.2 Å². The highest BCUT2D eigenvalue weighted by molar-refractivity contribution is 5.94. The second-order valence-electron chi connectivity index (χ2n) is 9.98. The first-order valence-corrected chi connectivity index (χ1v) is 13.5. The van der Waals surface area contributed by atoms with Crippen LogP contribution in [0.2, 0.25) is 0 Å². The van der Waals surface area contributed by atoms with Gasteiger partial charge in [0.1, 0.15) is 35.5 Å². The normalized spacial score (nSPS) is 10.4.